The number of hydrogen-bond acceptors (Lipinski definition) is 2. The van der Waals surface area contributed by atoms with E-state index in [1.54, 1.807) is 0 Å². The molecule has 3 heteroatoms. The van der Waals surface area contributed by atoms with Crippen LogP contribution in [0.25, 0.3) is 0 Å². The minimum atomic E-state index is 0.138. The quantitative estimate of drug-likeness (QED) is 0.723. The van der Waals surface area contributed by atoms with Crippen LogP contribution in [-0.4, -0.2) is 16.7 Å². The van der Waals surface area contributed by atoms with Gasteiger partial charge in [0.15, 0.2) is 0 Å². The van der Waals surface area contributed by atoms with E-state index in [0.717, 1.165) is 18.8 Å². The van der Waals surface area contributed by atoms with Gasteiger partial charge in [0, 0.05) is 17.7 Å². The van der Waals surface area contributed by atoms with Gasteiger partial charge in [0.1, 0.15) is 0 Å². The summed E-state index contributed by atoms with van der Waals surface area (Å²) in [5.74, 6) is 0. The molecule has 0 spiro atoms. The number of rotatable bonds is 4. The van der Waals surface area contributed by atoms with Crippen LogP contribution in [0.4, 0.5) is 0 Å². The predicted molar refractivity (Wildman–Crippen MR) is 59.3 cm³/mol. The molecule has 1 aromatic heterocycles. The Bertz CT molecular complexity index is 270. The molecule has 0 amide bonds. The Morgan fingerprint density at radius 3 is 2.64 bits per heavy atom. The first kappa shape index (κ1) is 11.2. The van der Waals surface area contributed by atoms with Gasteiger partial charge in [0.25, 0.3) is 0 Å². The largest absolute Gasteiger partial charge is 0.311 e. The molecular weight excluding hydrogens is 174 g/mol. The van der Waals surface area contributed by atoms with Gasteiger partial charge < -0.3 is 5.32 Å². The third kappa shape index (κ3) is 3.14. The number of aromatic amines is 1. The van der Waals surface area contributed by atoms with Crippen LogP contribution in [0.5, 0.6) is 0 Å². The maximum atomic E-state index is 4.30. The zero-order valence-corrected chi connectivity index (χ0v) is 9.65. The van der Waals surface area contributed by atoms with Crippen molar-refractivity contribution < 1.29 is 0 Å². The zero-order valence-electron chi connectivity index (χ0n) is 9.65. The van der Waals surface area contributed by atoms with Gasteiger partial charge in [-0.1, -0.05) is 27.7 Å². The molecule has 0 saturated heterocycles. The number of nitrogens with zero attached hydrogens (tertiary/aromatic N) is 1. The first-order valence-electron chi connectivity index (χ1n) is 5.29. The van der Waals surface area contributed by atoms with E-state index >= 15 is 0 Å². The molecule has 0 aliphatic carbocycles. The smallest absolute Gasteiger partial charge is 0.0678 e. The molecule has 0 fully saturated rings. The van der Waals surface area contributed by atoms with Gasteiger partial charge in [0.2, 0.25) is 0 Å². The maximum Gasteiger partial charge on any atom is 0.0678 e. The number of aromatic nitrogens is 2. The van der Waals surface area contributed by atoms with Crippen molar-refractivity contribution in [1.29, 1.82) is 0 Å². The fourth-order valence-electron chi connectivity index (χ4n) is 1.24. The summed E-state index contributed by atoms with van der Waals surface area (Å²) in [5, 5.41) is 10.7. The van der Waals surface area contributed by atoms with E-state index in [1.165, 1.54) is 12.1 Å². The molecule has 0 bridgehead atoms. The van der Waals surface area contributed by atoms with Gasteiger partial charge in [-0.15, -0.1) is 0 Å². The highest BCUT2D eigenvalue weighted by atomic mass is 15.1. The topological polar surface area (TPSA) is 40.7 Å². The highest BCUT2D eigenvalue weighted by Crippen LogP contribution is 2.19. The fourth-order valence-corrected chi connectivity index (χ4v) is 1.24. The standard InChI is InChI=1S/C11H21N3/c1-5-6-12-8-9-7-10(14-13-9)11(2,3)4/h7,12H,5-6,8H2,1-4H3,(H,13,14). The first-order valence-corrected chi connectivity index (χ1v) is 5.29. The van der Waals surface area contributed by atoms with Gasteiger partial charge in [-0.05, 0) is 19.0 Å². The molecular formula is C11H21N3. The van der Waals surface area contributed by atoms with Gasteiger partial charge in [-0.3, -0.25) is 5.10 Å². The lowest BCUT2D eigenvalue weighted by molar-refractivity contribution is 0.567. The van der Waals surface area contributed by atoms with Crippen molar-refractivity contribution >= 4 is 0 Å². The van der Waals surface area contributed by atoms with Gasteiger partial charge in [-0.2, -0.15) is 5.10 Å². The molecule has 1 aromatic rings. The molecule has 0 aliphatic heterocycles. The van der Waals surface area contributed by atoms with E-state index < -0.39 is 0 Å². The molecule has 0 aliphatic rings. The van der Waals surface area contributed by atoms with E-state index in [1.807, 2.05) is 0 Å². The average Bonchev–Trinajstić information content (AvgIpc) is 2.52. The van der Waals surface area contributed by atoms with Crippen molar-refractivity contribution in [2.45, 2.75) is 46.1 Å². The third-order valence-corrected chi connectivity index (χ3v) is 2.14. The Labute approximate surface area is 86.3 Å². The molecule has 3 nitrogen and oxygen atoms in total. The van der Waals surface area contributed by atoms with Gasteiger partial charge in [-0.25, -0.2) is 0 Å². The molecule has 0 aromatic carbocycles. The summed E-state index contributed by atoms with van der Waals surface area (Å²) in [6, 6.07) is 2.14. The Balaban J connectivity index is 2.51. The van der Waals surface area contributed by atoms with Crippen molar-refractivity contribution in [3.05, 3.63) is 17.5 Å². The lowest BCUT2D eigenvalue weighted by Gasteiger charge is -2.13. The fraction of sp³-hybridized carbons (Fsp3) is 0.727. The summed E-state index contributed by atoms with van der Waals surface area (Å²) >= 11 is 0. The lowest BCUT2D eigenvalue weighted by Crippen LogP contribution is -2.14. The van der Waals surface area contributed by atoms with Crippen LogP contribution in [0, 0.1) is 0 Å². The highest BCUT2D eigenvalue weighted by Gasteiger charge is 2.16. The van der Waals surface area contributed by atoms with Gasteiger partial charge in [0.05, 0.1) is 5.69 Å². The first-order chi connectivity index (χ1) is 6.54. The van der Waals surface area contributed by atoms with Crippen LogP contribution in [0.2, 0.25) is 0 Å². The van der Waals surface area contributed by atoms with Crippen molar-refractivity contribution in [3.63, 3.8) is 0 Å². The van der Waals surface area contributed by atoms with E-state index in [-0.39, 0.29) is 5.41 Å². The van der Waals surface area contributed by atoms with Crippen LogP contribution in [0.1, 0.15) is 45.5 Å². The van der Waals surface area contributed by atoms with Crippen molar-refractivity contribution in [1.82, 2.24) is 15.5 Å². The molecule has 14 heavy (non-hydrogen) atoms. The van der Waals surface area contributed by atoms with Crippen molar-refractivity contribution in [2.24, 2.45) is 0 Å². The van der Waals surface area contributed by atoms with E-state index in [2.05, 4.69) is 49.3 Å². The maximum absolute atomic E-state index is 4.30. The summed E-state index contributed by atoms with van der Waals surface area (Å²) in [6.45, 7) is 10.6. The summed E-state index contributed by atoms with van der Waals surface area (Å²) in [6.07, 6.45) is 1.17. The van der Waals surface area contributed by atoms with Crippen LogP contribution >= 0.6 is 0 Å². The summed E-state index contributed by atoms with van der Waals surface area (Å²) in [4.78, 5) is 0. The second kappa shape index (κ2) is 4.60. The molecule has 2 N–H and O–H groups in total. The predicted octanol–water partition coefficient (Wildman–Crippen LogP) is 2.21. The molecule has 0 unspecified atom stereocenters. The van der Waals surface area contributed by atoms with E-state index in [0.29, 0.717) is 0 Å². The number of nitrogens with one attached hydrogen (secondary N) is 2. The normalized spacial score (nSPS) is 12.0. The molecule has 1 heterocycles. The Morgan fingerprint density at radius 2 is 2.14 bits per heavy atom. The molecule has 0 saturated carbocycles. The second-order valence-electron chi connectivity index (χ2n) is 4.71. The minimum Gasteiger partial charge on any atom is -0.311 e. The summed E-state index contributed by atoms with van der Waals surface area (Å²) in [7, 11) is 0. The zero-order chi connectivity index (χ0) is 10.6. The second-order valence-corrected chi connectivity index (χ2v) is 4.71. The summed E-state index contributed by atoms with van der Waals surface area (Å²) in [5.41, 5.74) is 2.44. The van der Waals surface area contributed by atoms with E-state index in [4.69, 9.17) is 0 Å². The molecule has 0 atom stereocenters. The highest BCUT2D eigenvalue weighted by molar-refractivity contribution is 5.15. The Kier molecular flexibility index (Phi) is 3.69. The lowest BCUT2D eigenvalue weighted by atomic mass is 9.92. The Hall–Kier alpha value is -0.830. The van der Waals surface area contributed by atoms with E-state index in [9.17, 15) is 0 Å². The molecule has 80 valence electrons. The SMILES string of the molecule is CCCNCc1cc(C(C)(C)C)n[nH]1. The monoisotopic (exact) mass is 195 g/mol. The summed E-state index contributed by atoms with van der Waals surface area (Å²) < 4.78 is 0. The third-order valence-electron chi connectivity index (χ3n) is 2.14. The minimum absolute atomic E-state index is 0.138. The average molecular weight is 195 g/mol. The molecule has 0 radical (unpaired) electrons. The van der Waals surface area contributed by atoms with Crippen molar-refractivity contribution in [3.8, 4) is 0 Å². The number of hydrogen-bond donors (Lipinski definition) is 2. The van der Waals surface area contributed by atoms with Crippen molar-refractivity contribution in [2.75, 3.05) is 6.54 Å². The number of H-pyrrole nitrogens is 1. The molecule has 1 rings (SSSR count). The Morgan fingerprint density at radius 1 is 1.43 bits per heavy atom. The van der Waals surface area contributed by atoms with Gasteiger partial charge >= 0.3 is 0 Å². The van der Waals surface area contributed by atoms with Crippen LogP contribution < -0.4 is 5.32 Å². The van der Waals surface area contributed by atoms with Crippen LogP contribution in [0.3, 0.4) is 0 Å². The van der Waals surface area contributed by atoms with Crippen LogP contribution in [0.15, 0.2) is 6.07 Å². The van der Waals surface area contributed by atoms with Crippen LogP contribution in [-0.2, 0) is 12.0 Å².